The summed E-state index contributed by atoms with van der Waals surface area (Å²) in [5, 5.41) is 29.3. The molecule has 1 fully saturated rings. The van der Waals surface area contributed by atoms with Gasteiger partial charge in [-0.05, 0) is 30.4 Å². The van der Waals surface area contributed by atoms with E-state index in [1.54, 1.807) is 25.3 Å². The number of Topliss-reactive ketones (excluding diaryl/α,β-unsaturated/α-hetero) is 1. The zero-order valence-electron chi connectivity index (χ0n) is 17.4. The summed E-state index contributed by atoms with van der Waals surface area (Å²) in [4.78, 5) is 22.7. The molecule has 6 heteroatoms. The number of carbonyl (C=O) groups is 2. The van der Waals surface area contributed by atoms with Crippen molar-refractivity contribution in [1.82, 2.24) is 0 Å². The molecular weight excluding hydrogens is 384 g/mol. The highest BCUT2D eigenvalue weighted by atomic mass is 16.5. The maximum atomic E-state index is 12.3. The maximum Gasteiger partial charge on any atom is 0.327 e. The highest BCUT2D eigenvalue weighted by molar-refractivity contribution is 5.84. The molecule has 0 spiro atoms. The van der Waals surface area contributed by atoms with Crippen molar-refractivity contribution in [2.24, 2.45) is 11.8 Å². The summed E-state index contributed by atoms with van der Waals surface area (Å²) >= 11 is 0. The lowest BCUT2D eigenvalue weighted by molar-refractivity contribution is -0.131. The van der Waals surface area contributed by atoms with Gasteiger partial charge in [-0.1, -0.05) is 48.9 Å². The van der Waals surface area contributed by atoms with Gasteiger partial charge in [0.05, 0.1) is 18.8 Å². The minimum Gasteiger partial charge on any atom is -0.478 e. The number of allylic oxidation sites excluding steroid dienone is 1. The number of hydrogen-bond donors (Lipinski definition) is 3. The molecule has 0 aliphatic heterocycles. The molecule has 3 N–H and O–H groups in total. The summed E-state index contributed by atoms with van der Waals surface area (Å²) in [6.07, 6.45) is 8.26. The first-order chi connectivity index (χ1) is 14.4. The van der Waals surface area contributed by atoms with Crippen LogP contribution in [0.5, 0.6) is 0 Å². The lowest BCUT2D eigenvalue weighted by Crippen LogP contribution is -2.19. The molecule has 0 heterocycles. The van der Waals surface area contributed by atoms with Crippen molar-refractivity contribution in [2.45, 2.75) is 57.3 Å². The Morgan fingerprint density at radius 2 is 2.07 bits per heavy atom. The van der Waals surface area contributed by atoms with Gasteiger partial charge >= 0.3 is 5.97 Å². The highest BCUT2D eigenvalue weighted by Gasteiger charge is 2.39. The van der Waals surface area contributed by atoms with Crippen LogP contribution >= 0.6 is 0 Å². The second-order valence-electron chi connectivity index (χ2n) is 7.86. The van der Waals surface area contributed by atoms with Gasteiger partial charge in [-0.2, -0.15) is 0 Å². The zero-order valence-corrected chi connectivity index (χ0v) is 17.4. The molecule has 0 amide bonds. The van der Waals surface area contributed by atoms with Crippen molar-refractivity contribution < 1.29 is 29.6 Å². The van der Waals surface area contributed by atoms with E-state index in [1.807, 2.05) is 24.3 Å². The van der Waals surface area contributed by atoms with E-state index in [0.717, 1.165) is 30.0 Å². The SMILES string of the molecule is COCc1cccc(C[C@H](O)/C=C/[C@H]2[C@H](O)CC(=O)[C@@H]2CCCC/C=C/C(=O)O)c1. The van der Waals surface area contributed by atoms with E-state index in [1.165, 1.54) is 0 Å². The Hall–Kier alpha value is -2.28. The van der Waals surface area contributed by atoms with Crippen LogP contribution in [0.1, 0.15) is 43.2 Å². The third-order valence-corrected chi connectivity index (χ3v) is 5.43. The number of hydrogen-bond acceptors (Lipinski definition) is 5. The Bertz CT molecular complexity index is 754. The molecule has 0 bridgehead atoms. The van der Waals surface area contributed by atoms with E-state index in [0.29, 0.717) is 25.9 Å². The third-order valence-electron chi connectivity index (χ3n) is 5.43. The standard InChI is InChI=1S/C24H32O6/c1-30-16-18-8-6-7-17(13-18)14-19(25)11-12-21-20(22(26)15-23(21)27)9-4-2-3-5-10-24(28)29/h5-8,10-13,19-21,23,25,27H,2-4,9,14-16H2,1H3,(H,28,29)/b10-5+,12-11+/t19-,20-,21-,23-/m1/s1. The zero-order chi connectivity index (χ0) is 21.9. The van der Waals surface area contributed by atoms with Crippen LogP contribution < -0.4 is 0 Å². The van der Waals surface area contributed by atoms with Crippen LogP contribution in [0.2, 0.25) is 0 Å². The first kappa shape index (κ1) is 24.0. The molecule has 1 aliphatic carbocycles. The highest BCUT2D eigenvalue weighted by Crippen LogP contribution is 2.34. The monoisotopic (exact) mass is 416 g/mol. The third kappa shape index (κ3) is 7.86. The summed E-state index contributed by atoms with van der Waals surface area (Å²) in [6, 6.07) is 7.85. The molecule has 30 heavy (non-hydrogen) atoms. The van der Waals surface area contributed by atoms with Crippen LogP contribution in [0.3, 0.4) is 0 Å². The Morgan fingerprint density at radius 3 is 2.80 bits per heavy atom. The van der Waals surface area contributed by atoms with E-state index in [4.69, 9.17) is 9.84 Å². The predicted molar refractivity (Wildman–Crippen MR) is 114 cm³/mol. The van der Waals surface area contributed by atoms with Gasteiger partial charge in [0.15, 0.2) is 0 Å². The second-order valence-corrected chi connectivity index (χ2v) is 7.86. The molecule has 2 rings (SSSR count). The summed E-state index contributed by atoms with van der Waals surface area (Å²) in [7, 11) is 1.64. The van der Waals surface area contributed by atoms with E-state index in [-0.39, 0.29) is 24.0 Å². The first-order valence-electron chi connectivity index (χ1n) is 10.4. The molecule has 4 atom stereocenters. The fraction of sp³-hybridized carbons (Fsp3) is 0.500. The van der Waals surface area contributed by atoms with Gasteiger partial charge in [0, 0.05) is 37.9 Å². The number of carbonyl (C=O) groups excluding carboxylic acids is 1. The lowest BCUT2D eigenvalue weighted by atomic mass is 9.88. The average Bonchev–Trinajstić information content (AvgIpc) is 2.95. The number of unbranched alkanes of at least 4 members (excludes halogenated alkanes) is 2. The maximum absolute atomic E-state index is 12.3. The van der Waals surface area contributed by atoms with Gasteiger partial charge < -0.3 is 20.1 Å². The fourth-order valence-electron chi connectivity index (χ4n) is 3.98. The van der Waals surface area contributed by atoms with Crippen LogP contribution in [0, 0.1) is 11.8 Å². The number of aliphatic carboxylic acids is 1. The van der Waals surface area contributed by atoms with Crippen molar-refractivity contribution >= 4 is 11.8 Å². The van der Waals surface area contributed by atoms with E-state index >= 15 is 0 Å². The Balaban J connectivity index is 1.88. The van der Waals surface area contributed by atoms with Crippen molar-refractivity contribution in [3.8, 4) is 0 Å². The topological polar surface area (TPSA) is 104 Å². The molecular formula is C24H32O6. The molecule has 1 saturated carbocycles. The number of aliphatic hydroxyl groups excluding tert-OH is 2. The fourth-order valence-corrected chi connectivity index (χ4v) is 3.98. The smallest absolute Gasteiger partial charge is 0.327 e. The summed E-state index contributed by atoms with van der Waals surface area (Å²) in [5.74, 6) is -1.45. The van der Waals surface area contributed by atoms with Crippen LogP contribution in [0.15, 0.2) is 48.6 Å². The molecule has 0 aromatic heterocycles. The van der Waals surface area contributed by atoms with Crippen LogP contribution in [0.4, 0.5) is 0 Å². The number of carboxylic acids is 1. The minimum atomic E-state index is -0.960. The quantitative estimate of drug-likeness (QED) is 0.275. The number of methoxy groups -OCH3 is 1. The van der Waals surface area contributed by atoms with Gasteiger partial charge in [0.1, 0.15) is 5.78 Å². The normalized spacial score (nSPS) is 22.9. The van der Waals surface area contributed by atoms with Crippen LogP contribution in [-0.2, 0) is 27.4 Å². The van der Waals surface area contributed by atoms with Gasteiger partial charge in [0.2, 0.25) is 0 Å². The molecule has 6 nitrogen and oxygen atoms in total. The molecule has 1 aromatic rings. The number of ether oxygens (including phenoxy) is 1. The summed E-state index contributed by atoms with van der Waals surface area (Å²) in [5.41, 5.74) is 2.04. The van der Waals surface area contributed by atoms with Gasteiger partial charge in [-0.25, -0.2) is 4.79 Å². The number of ketones is 1. The molecule has 0 radical (unpaired) electrons. The largest absolute Gasteiger partial charge is 0.478 e. The lowest BCUT2D eigenvalue weighted by Gasteiger charge is -2.18. The summed E-state index contributed by atoms with van der Waals surface area (Å²) < 4.78 is 5.13. The van der Waals surface area contributed by atoms with Crippen molar-refractivity contribution in [2.75, 3.05) is 7.11 Å². The Labute approximate surface area is 177 Å². The van der Waals surface area contributed by atoms with E-state index < -0.39 is 18.2 Å². The van der Waals surface area contributed by atoms with Crippen molar-refractivity contribution in [3.63, 3.8) is 0 Å². The van der Waals surface area contributed by atoms with Gasteiger partial charge in [-0.3, -0.25) is 4.79 Å². The molecule has 164 valence electrons. The van der Waals surface area contributed by atoms with Crippen molar-refractivity contribution in [3.05, 3.63) is 59.7 Å². The molecule has 0 saturated heterocycles. The van der Waals surface area contributed by atoms with Crippen LogP contribution in [0.25, 0.3) is 0 Å². The van der Waals surface area contributed by atoms with E-state index in [9.17, 15) is 19.8 Å². The van der Waals surface area contributed by atoms with E-state index in [2.05, 4.69) is 0 Å². The number of rotatable bonds is 12. The predicted octanol–water partition coefficient (Wildman–Crippen LogP) is 3.06. The first-order valence-corrected chi connectivity index (χ1v) is 10.4. The molecule has 1 aliphatic rings. The second kappa shape index (κ2) is 12.4. The number of aliphatic hydroxyl groups is 2. The minimum absolute atomic E-state index is 0.0555. The number of benzene rings is 1. The Morgan fingerprint density at radius 1 is 1.30 bits per heavy atom. The van der Waals surface area contributed by atoms with Gasteiger partial charge in [0.25, 0.3) is 0 Å². The average molecular weight is 417 g/mol. The van der Waals surface area contributed by atoms with Crippen LogP contribution in [-0.4, -0.2) is 46.4 Å². The molecule has 0 unspecified atom stereocenters. The number of carboxylic acid groups (broad SMARTS) is 1. The van der Waals surface area contributed by atoms with Crippen molar-refractivity contribution in [1.29, 1.82) is 0 Å². The molecule has 1 aromatic carbocycles. The summed E-state index contributed by atoms with van der Waals surface area (Å²) in [6.45, 7) is 0.518. The van der Waals surface area contributed by atoms with Gasteiger partial charge in [-0.15, -0.1) is 0 Å². The Kier molecular flexibility index (Phi) is 9.94.